The topological polar surface area (TPSA) is 88.5 Å². The van der Waals surface area contributed by atoms with Crippen LogP contribution in [-0.4, -0.2) is 57.2 Å². The number of primary amides is 1. The maximum absolute atomic E-state index is 11.2. The number of pyridine rings is 1. The number of carbonyl (C=O) groups is 1. The lowest BCUT2D eigenvalue weighted by Crippen LogP contribution is -2.39. The highest BCUT2D eigenvalue weighted by Gasteiger charge is 2.21. The first-order valence-corrected chi connectivity index (χ1v) is 13.6. The fourth-order valence-corrected chi connectivity index (χ4v) is 5.30. The number of likely N-dealkylation sites (tertiary alicyclic amines) is 1. The summed E-state index contributed by atoms with van der Waals surface area (Å²) in [5.41, 5.74) is 10.6. The van der Waals surface area contributed by atoms with Crippen molar-refractivity contribution in [2.24, 2.45) is 5.73 Å². The number of fused-ring (bicyclic) bond motifs is 1. The summed E-state index contributed by atoms with van der Waals surface area (Å²) in [7, 11) is -0.0119. The Morgan fingerprint density at radius 2 is 1.91 bits per heavy atom. The second-order valence-electron chi connectivity index (χ2n) is 9.05. The second kappa shape index (κ2) is 10.0. The van der Waals surface area contributed by atoms with Crippen molar-refractivity contribution >= 4 is 39.5 Å². The van der Waals surface area contributed by atoms with E-state index in [0.717, 1.165) is 48.4 Å². The van der Waals surface area contributed by atoms with E-state index in [9.17, 15) is 4.79 Å². The lowest BCUT2D eigenvalue weighted by atomic mass is 9.89. The van der Waals surface area contributed by atoms with Crippen LogP contribution in [0.1, 0.15) is 24.3 Å². The van der Waals surface area contributed by atoms with Gasteiger partial charge in [0, 0.05) is 22.3 Å². The summed E-state index contributed by atoms with van der Waals surface area (Å²) in [5, 5.41) is 8.04. The molecule has 1 amide bonds. The molecule has 5 rings (SSSR count). The number of nitrogens with zero attached hydrogens (tertiary/aromatic N) is 4. The lowest BCUT2D eigenvalue weighted by molar-refractivity contribution is -0.119. The van der Waals surface area contributed by atoms with Gasteiger partial charge >= 0.3 is 0 Å². The third-order valence-electron chi connectivity index (χ3n) is 6.51. The second-order valence-corrected chi connectivity index (χ2v) is 10.8. The Balaban J connectivity index is 1.34. The molecule has 180 valence electrons. The number of amides is 1. The summed E-state index contributed by atoms with van der Waals surface area (Å²) in [4.78, 5) is 19.4. The van der Waals surface area contributed by atoms with E-state index in [1.807, 2.05) is 22.8 Å². The Morgan fingerprint density at radius 1 is 1.14 bits per heavy atom. The minimum Gasteiger partial charge on any atom is -0.369 e. The molecule has 1 unspecified atom stereocenters. The van der Waals surface area contributed by atoms with Gasteiger partial charge in [-0.15, -0.1) is 5.10 Å². The van der Waals surface area contributed by atoms with Crippen molar-refractivity contribution < 1.29 is 4.79 Å². The van der Waals surface area contributed by atoms with Gasteiger partial charge in [-0.1, -0.05) is 30.1 Å². The smallest absolute Gasteiger partial charge is 0.247 e. The fourth-order valence-electron chi connectivity index (χ4n) is 4.70. The van der Waals surface area contributed by atoms with Gasteiger partial charge in [-0.25, -0.2) is 4.52 Å². The third-order valence-corrected chi connectivity index (χ3v) is 7.59. The lowest BCUT2D eigenvalue weighted by Gasteiger charge is -2.31. The van der Waals surface area contributed by atoms with Crippen LogP contribution < -0.4 is 11.1 Å². The first kappa shape index (κ1) is 23.3. The summed E-state index contributed by atoms with van der Waals surface area (Å²) in [6, 6.07) is 21.0. The molecule has 35 heavy (non-hydrogen) atoms. The number of nitrogens with one attached hydrogen (secondary N) is 1. The highest BCUT2D eigenvalue weighted by Crippen LogP contribution is 2.31. The normalized spacial score (nSPS) is 15.8. The van der Waals surface area contributed by atoms with E-state index < -0.39 is 0 Å². The van der Waals surface area contributed by atoms with Gasteiger partial charge in [0.1, 0.15) is 0 Å². The highest BCUT2D eigenvalue weighted by molar-refractivity contribution is 8.13. The van der Waals surface area contributed by atoms with Crippen LogP contribution in [0.2, 0.25) is 0 Å². The number of aromatic nitrogens is 3. The van der Waals surface area contributed by atoms with Gasteiger partial charge in [0.25, 0.3) is 0 Å². The number of hydrogen-bond acceptors (Lipinski definition) is 5. The first-order valence-electron chi connectivity index (χ1n) is 11.8. The Bertz CT molecular complexity index is 1370. The molecular weight excluding hydrogens is 456 g/mol. The number of rotatable bonds is 7. The Labute approximate surface area is 207 Å². The molecule has 0 spiro atoms. The van der Waals surface area contributed by atoms with E-state index in [0.29, 0.717) is 18.4 Å². The number of carbonyl (C=O) groups excluding carboxylic acids is 1. The van der Waals surface area contributed by atoms with Gasteiger partial charge in [0.2, 0.25) is 11.9 Å². The van der Waals surface area contributed by atoms with Gasteiger partial charge < -0.3 is 11.1 Å². The zero-order valence-corrected chi connectivity index (χ0v) is 20.7. The maximum Gasteiger partial charge on any atom is 0.247 e. The standard InChI is InChI=1S/C27H30N6OS/c1-35(2)23-10-8-20(9-11-23)24-7-4-14-33-26(24)30-27(31-33)29-22-6-3-5-21(17-22)19-12-15-32(16-13-19)18-25(28)34/h3-11,14,17,19H,1,12-13,15-16,18H2,2H3,(H2,28,34)(H,29,31). The molecule has 0 radical (unpaired) electrons. The number of anilines is 2. The molecular formula is C27H30N6OS. The molecule has 1 aliphatic rings. The molecule has 4 aromatic rings. The van der Waals surface area contributed by atoms with Crippen LogP contribution in [-0.2, 0) is 4.79 Å². The van der Waals surface area contributed by atoms with E-state index in [1.54, 1.807) is 0 Å². The molecule has 0 saturated carbocycles. The van der Waals surface area contributed by atoms with Gasteiger partial charge in [-0.3, -0.25) is 9.69 Å². The predicted octanol–water partition coefficient (Wildman–Crippen LogP) is 4.49. The summed E-state index contributed by atoms with van der Waals surface area (Å²) in [5.74, 6) is 4.90. The average Bonchev–Trinajstić information content (AvgIpc) is 3.27. The van der Waals surface area contributed by atoms with Crippen LogP contribution in [0.3, 0.4) is 0 Å². The average molecular weight is 487 g/mol. The van der Waals surface area contributed by atoms with E-state index in [4.69, 9.17) is 10.7 Å². The van der Waals surface area contributed by atoms with Crippen LogP contribution >= 0.6 is 10.5 Å². The third kappa shape index (κ3) is 5.28. The Morgan fingerprint density at radius 3 is 2.63 bits per heavy atom. The fraction of sp³-hybridized carbons (Fsp3) is 0.259. The maximum atomic E-state index is 11.2. The molecule has 1 aliphatic heterocycles. The van der Waals surface area contributed by atoms with Crippen LogP contribution in [0.25, 0.3) is 16.8 Å². The van der Waals surface area contributed by atoms with E-state index >= 15 is 0 Å². The van der Waals surface area contributed by atoms with E-state index in [2.05, 4.69) is 76.0 Å². The highest BCUT2D eigenvalue weighted by atomic mass is 32.2. The van der Waals surface area contributed by atoms with Crippen molar-refractivity contribution in [3.05, 3.63) is 72.4 Å². The van der Waals surface area contributed by atoms with Crippen molar-refractivity contribution in [2.45, 2.75) is 23.7 Å². The molecule has 1 atom stereocenters. The van der Waals surface area contributed by atoms with Crippen LogP contribution in [0.15, 0.2) is 71.8 Å². The minimum atomic E-state index is -0.261. The molecule has 7 nitrogen and oxygen atoms in total. The summed E-state index contributed by atoms with van der Waals surface area (Å²) >= 11 is 0. The minimum absolute atomic E-state index is 0.0119. The summed E-state index contributed by atoms with van der Waals surface area (Å²) in [6.07, 6.45) is 6.06. The van der Waals surface area contributed by atoms with E-state index in [1.165, 1.54) is 10.5 Å². The number of piperidine rings is 1. The van der Waals surface area contributed by atoms with Crippen LogP contribution in [0.4, 0.5) is 11.6 Å². The van der Waals surface area contributed by atoms with Crippen molar-refractivity contribution in [3.63, 3.8) is 0 Å². The van der Waals surface area contributed by atoms with Crippen LogP contribution in [0.5, 0.6) is 0 Å². The molecule has 0 bridgehead atoms. The molecule has 8 heteroatoms. The van der Waals surface area contributed by atoms with Crippen molar-refractivity contribution in [3.8, 4) is 11.1 Å². The monoisotopic (exact) mass is 486 g/mol. The number of nitrogens with two attached hydrogens (primary N) is 1. The largest absolute Gasteiger partial charge is 0.369 e. The van der Waals surface area contributed by atoms with Gasteiger partial charge in [-0.05, 0) is 85.6 Å². The molecule has 2 aromatic carbocycles. The Hall–Kier alpha value is -3.49. The predicted molar refractivity (Wildman–Crippen MR) is 145 cm³/mol. The molecule has 1 saturated heterocycles. The SMILES string of the molecule is C=S(C)c1ccc(-c2cccn3nc(Nc4cccc(C5CCN(CC(N)=O)CC5)c4)nc23)cc1. The van der Waals surface area contributed by atoms with Crippen molar-refractivity contribution in [1.82, 2.24) is 19.5 Å². The Kier molecular flexibility index (Phi) is 6.66. The van der Waals surface area contributed by atoms with E-state index in [-0.39, 0.29) is 16.4 Å². The van der Waals surface area contributed by atoms with Gasteiger partial charge in [0.05, 0.1) is 6.54 Å². The molecule has 3 N–H and O–H groups in total. The molecule has 1 fully saturated rings. The van der Waals surface area contributed by atoms with Crippen molar-refractivity contribution in [1.29, 1.82) is 0 Å². The number of benzene rings is 2. The first-order chi connectivity index (χ1) is 17.0. The quantitative estimate of drug-likeness (QED) is 0.376. The molecule has 2 aromatic heterocycles. The molecule has 0 aliphatic carbocycles. The summed E-state index contributed by atoms with van der Waals surface area (Å²) < 4.78 is 1.82. The van der Waals surface area contributed by atoms with Gasteiger partial charge in [0.15, 0.2) is 5.65 Å². The number of hydrogen-bond donors (Lipinski definition) is 2. The zero-order valence-electron chi connectivity index (χ0n) is 19.9. The summed E-state index contributed by atoms with van der Waals surface area (Å²) in [6.45, 7) is 2.11. The van der Waals surface area contributed by atoms with Crippen LogP contribution in [0, 0.1) is 0 Å². The molecule has 3 heterocycles. The van der Waals surface area contributed by atoms with Crippen molar-refractivity contribution in [2.75, 3.05) is 31.2 Å². The van der Waals surface area contributed by atoms with Gasteiger partial charge in [-0.2, -0.15) is 15.5 Å². The zero-order chi connectivity index (χ0) is 24.4.